The monoisotopic (exact) mass is 214 g/mol. The highest BCUT2D eigenvalue weighted by Gasteiger charge is 2.25. The van der Waals surface area contributed by atoms with Gasteiger partial charge in [-0.15, -0.1) is 0 Å². The lowest BCUT2D eigenvalue weighted by molar-refractivity contribution is 0.474. The molecule has 16 heavy (non-hydrogen) atoms. The van der Waals surface area contributed by atoms with E-state index in [1.807, 2.05) is 12.1 Å². The maximum Gasteiger partial charge on any atom is 0.115 e. The molecule has 0 saturated heterocycles. The lowest BCUT2D eigenvalue weighted by Crippen LogP contribution is -2.20. The number of hydrogen-bond acceptors (Lipinski definition) is 1. The van der Waals surface area contributed by atoms with Crippen molar-refractivity contribution in [1.82, 2.24) is 0 Å². The quantitative estimate of drug-likeness (QED) is 0.790. The van der Waals surface area contributed by atoms with Gasteiger partial charge in [-0.3, -0.25) is 0 Å². The standard InChI is InChI=1S/C15H18O/c1-15(2,12-6-4-3-5-7-12)13-8-10-14(16)11-9-13/h3-4,6,8-11,16H,5,7H2,1-2H3. The Hall–Kier alpha value is -1.50. The highest BCUT2D eigenvalue weighted by Crippen LogP contribution is 2.36. The molecular weight excluding hydrogens is 196 g/mol. The number of phenols is 1. The van der Waals surface area contributed by atoms with Gasteiger partial charge in [0.05, 0.1) is 0 Å². The minimum absolute atomic E-state index is 0.0540. The van der Waals surface area contributed by atoms with Crippen LogP contribution in [0.15, 0.2) is 48.1 Å². The van der Waals surface area contributed by atoms with Gasteiger partial charge < -0.3 is 5.11 Å². The van der Waals surface area contributed by atoms with Gasteiger partial charge in [0.2, 0.25) is 0 Å². The lowest BCUT2D eigenvalue weighted by atomic mass is 9.75. The second kappa shape index (κ2) is 4.17. The summed E-state index contributed by atoms with van der Waals surface area (Å²) in [4.78, 5) is 0. The number of allylic oxidation sites excluding steroid dienone is 4. The van der Waals surface area contributed by atoms with E-state index in [1.165, 1.54) is 11.1 Å². The fourth-order valence-electron chi connectivity index (χ4n) is 2.19. The largest absolute Gasteiger partial charge is 0.508 e. The maximum absolute atomic E-state index is 9.31. The second-order valence-electron chi connectivity index (χ2n) is 4.83. The predicted octanol–water partition coefficient (Wildman–Crippen LogP) is 3.95. The minimum Gasteiger partial charge on any atom is -0.508 e. The van der Waals surface area contributed by atoms with Gasteiger partial charge in [-0.05, 0) is 30.5 Å². The summed E-state index contributed by atoms with van der Waals surface area (Å²) in [5.74, 6) is 0.331. The fraction of sp³-hybridized carbons (Fsp3) is 0.333. The Bertz CT molecular complexity index is 421. The summed E-state index contributed by atoms with van der Waals surface area (Å²) in [6, 6.07) is 7.54. The topological polar surface area (TPSA) is 20.2 Å². The van der Waals surface area contributed by atoms with Gasteiger partial charge in [-0.25, -0.2) is 0 Å². The molecule has 1 N–H and O–H groups in total. The third-order valence-corrected chi connectivity index (χ3v) is 3.41. The Labute approximate surface area is 97.1 Å². The summed E-state index contributed by atoms with van der Waals surface area (Å²) in [6.07, 6.45) is 8.82. The first kappa shape index (κ1) is 11.0. The molecule has 0 bridgehead atoms. The van der Waals surface area contributed by atoms with Crippen LogP contribution < -0.4 is 0 Å². The first-order valence-electron chi connectivity index (χ1n) is 5.76. The van der Waals surface area contributed by atoms with Gasteiger partial charge >= 0.3 is 0 Å². The smallest absolute Gasteiger partial charge is 0.115 e. The van der Waals surface area contributed by atoms with Crippen molar-refractivity contribution in [3.8, 4) is 5.75 Å². The van der Waals surface area contributed by atoms with Crippen LogP contribution in [0.1, 0.15) is 32.3 Å². The molecule has 0 amide bonds. The van der Waals surface area contributed by atoms with Crippen molar-refractivity contribution in [1.29, 1.82) is 0 Å². The van der Waals surface area contributed by atoms with Crippen LogP contribution >= 0.6 is 0 Å². The van der Waals surface area contributed by atoms with Crippen molar-refractivity contribution in [2.75, 3.05) is 0 Å². The summed E-state index contributed by atoms with van der Waals surface area (Å²) in [6.45, 7) is 4.48. The van der Waals surface area contributed by atoms with Gasteiger partial charge in [-0.2, -0.15) is 0 Å². The molecule has 1 nitrogen and oxygen atoms in total. The minimum atomic E-state index is 0.0540. The number of aromatic hydroxyl groups is 1. The molecule has 0 spiro atoms. The summed E-state index contributed by atoms with van der Waals surface area (Å²) in [7, 11) is 0. The summed E-state index contributed by atoms with van der Waals surface area (Å²) in [5, 5.41) is 9.31. The van der Waals surface area contributed by atoms with Crippen molar-refractivity contribution in [3.05, 3.63) is 53.6 Å². The summed E-state index contributed by atoms with van der Waals surface area (Å²) in [5.41, 5.74) is 2.77. The molecule has 1 aromatic carbocycles. The molecule has 1 aliphatic rings. The molecular formula is C15H18O. The Morgan fingerprint density at radius 2 is 1.81 bits per heavy atom. The molecule has 0 heterocycles. The SMILES string of the molecule is CC(C)(C1=CC=CCC1)c1ccc(O)cc1. The maximum atomic E-state index is 9.31. The van der Waals surface area contributed by atoms with Crippen molar-refractivity contribution in [2.45, 2.75) is 32.1 Å². The molecule has 0 radical (unpaired) electrons. The van der Waals surface area contributed by atoms with E-state index < -0.39 is 0 Å². The third kappa shape index (κ3) is 2.04. The lowest BCUT2D eigenvalue weighted by Gasteiger charge is -2.30. The number of benzene rings is 1. The molecule has 0 aliphatic heterocycles. The van der Waals surface area contributed by atoms with Crippen LogP contribution in [0.25, 0.3) is 0 Å². The van der Waals surface area contributed by atoms with Crippen LogP contribution in [0.5, 0.6) is 5.75 Å². The van der Waals surface area contributed by atoms with Gasteiger partial charge in [0, 0.05) is 5.41 Å². The van der Waals surface area contributed by atoms with E-state index in [9.17, 15) is 5.11 Å². The zero-order valence-corrected chi connectivity index (χ0v) is 9.90. The van der Waals surface area contributed by atoms with Gasteiger partial charge in [-0.1, -0.05) is 49.8 Å². The predicted molar refractivity (Wildman–Crippen MR) is 67.6 cm³/mol. The molecule has 84 valence electrons. The van der Waals surface area contributed by atoms with E-state index in [4.69, 9.17) is 0 Å². The Balaban J connectivity index is 2.34. The average molecular weight is 214 g/mol. The zero-order chi connectivity index (χ0) is 11.6. The second-order valence-corrected chi connectivity index (χ2v) is 4.83. The first-order valence-corrected chi connectivity index (χ1v) is 5.76. The van der Waals surface area contributed by atoms with Crippen LogP contribution in [0.4, 0.5) is 0 Å². The summed E-state index contributed by atoms with van der Waals surface area (Å²) < 4.78 is 0. The van der Waals surface area contributed by atoms with E-state index in [0.29, 0.717) is 5.75 Å². The van der Waals surface area contributed by atoms with Crippen LogP contribution in [0.2, 0.25) is 0 Å². The van der Waals surface area contributed by atoms with Crippen molar-refractivity contribution < 1.29 is 5.11 Å². The molecule has 0 fully saturated rings. The van der Waals surface area contributed by atoms with Crippen LogP contribution in [-0.2, 0) is 5.41 Å². The Morgan fingerprint density at radius 1 is 1.12 bits per heavy atom. The number of rotatable bonds is 2. The van der Waals surface area contributed by atoms with Crippen molar-refractivity contribution >= 4 is 0 Å². The average Bonchev–Trinajstić information content (AvgIpc) is 2.31. The molecule has 1 aliphatic carbocycles. The van der Waals surface area contributed by atoms with E-state index in [-0.39, 0.29) is 5.41 Å². The first-order chi connectivity index (χ1) is 7.60. The van der Waals surface area contributed by atoms with Crippen molar-refractivity contribution in [2.24, 2.45) is 0 Å². The zero-order valence-electron chi connectivity index (χ0n) is 9.90. The Morgan fingerprint density at radius 3 is 2.38 bits per heavy atom. The normalized spacial score (nSPS) is 16.0. The van der Waals surface area contributed by atoms with E-state index in [1.54, 1.807) is 12.1 Å². The molecule has 0 saturated carbocycles. The van der Waals surface area contributed by atoms with Crippen LogP contribution in [-0.4, -0.2) is 5.11 Å². The molecule has 0 atom stereocenters. The molecule has 2 rings (SSSR count). The highest BCUT2D eigenvalue weighted by atomic mass is 16.3. The molecule has 0 unspecified atom stereocenters. The summed E-state index contributed by atoms with van der Waals surface area (Å²) >= 11 is 0. The van der Waals surface area contributed by atoms with Crippen LogP contribution in [0, 0.1) is 0 Å². The molecule has 1 heteroatoms. The van der Waals surface area contributed by atoms with Gasteiger partial charge in [0.15, 0.2) is 0 Å². The van der Waals surface area contributed by atoms with Crippen LogP contribution in [0.3, 0.4) is 0 Å². The van der Waals surface area contributed by atoms with E-state index >= 15 is 0 Å². The highest BCUT2D eigenvalue weighted by molar-refractivity contribution is 5.39. The van der Waals surface area contributed by atoms with Crippen molar-refractivity contribution in [3.63, 3.8) is 0 Å². The third-order valence-electron chi connectivity index (χ3n) is 3.41. The molecule has 1 aromatic rings. The van der Waals surface area contributed by atoms with Gasteiger partial charge in [0.25, 0.3) is 0 Å². The van der Waals surface area contributed by atoms with Gasteiger partial charge in [0.1, 0.15) is 5.75 Å². The van der Waals surface area contributed by atoms with E-state index in [2.05, 4.69) is 32.1 Å². The fourth-order valence-corrected chi connectivity index (χ4v) is 2.19. The number of hydrogen-bond donors (Lipinski definition) is 1. The number of phenolic OH excluding ortho intramolecular Hbond substituents is 1. The Kier molecular flexibility index (Phi) is 2.86. The van der Waals surface area contributed by atoms with E-state index in [0.717, 1.165) is 12.8 Å². The molecule has 0 aromatic heterocycles.